The fourth-order valence-corrected chi connectivity index (χ4v) is 2.67. The van der Waals surface area contributed by atoms with E-state index in [1.807, 2.05) is 31.1 Å². The molecular formula is C18H25ClN6O2. The highest BCUT2D eigenvalue weighted by molar-refractivity contribution is 6.28. The van der Waals surface area contributed by atoms with Gasteiger partial charge in [0.1, 0.15) is 5.69 Å². The molecule has 9 heteroatoms. The Morgan fingerprint density at radius 2 is 1.89 bits per heavy atom. The normalized spacial score (nSPS) is 11.0. The van der Waals surface area contributed by atoms with Gasteiger partial charge in [-0.2, -0.15) is 4.98 Å². The van der Waals surface area contributed by atoms with Gasteiger partial charge in [0.15, 0.2) is 0 Å². The zero-order chi connectivity index (χ0) is 20.0. The third kappa shape index (κ3) is 5.19. The lowest BCUT2D eigenvalue weighted by molar-refractivity contribution is -0.115. The van der Waals surface area contributed by atoms with Gasteiger partial charge in [0, 0.05) is 33.6 Å². The Kier molecular flexibility index (Phi) is 7.18. The number of oxazole rings is 1. The number of carbonyl (C=O) groups excluding carboxylic acids is 1. The van der Waals surface area contributed by atoms with E-state index in [0.29, 0.717) is 17.8 Å². The summed E-state index contributed by atoms with van der Waals surface area (Å²) >= 11 is 5.72. The van der Waals surface area contributed by atoms with Gasteiger partial charge >= 0.3 is 6.01 Å². The summed E-state index contributed by atoms with van der Waals surface area (Å²) in [7, 11) is 3.92. The quantitative estimate of drug-likeness (QED) is 0.638. The molecule has 0 aliphatic heterocycles. The van der Waals surface area contributed by atoms with Crippen LogP contribution in [0.1, 0.15) is 27.2 Å². The lowest BCUT2D eigenvalue weighted by atomic mass is 10.1. The molecular weight excluding hydrogens is 368 g/mol. The topological polar surface area (TPSA) is 86.3 Å². The number of nitrogens with one attached hydrogen (secondary N) is 1. The van der Waals surface area contributed by atoms with Crippen molar-refractivity contribution >= 4 is 46.3 Å². The van der Waals surface area contributed by atoms with Crippen molar-refractivity contribution in [3.05, 3.63) is 23.5 Å². The minimum absolute atomic E-state index is 0.0481. The van der Waals surface area contributed by atoms with Crippen LogP contribution < -0.4 is 15.1 Å². The maximum atomic E-state index is 12.0. The monoisotopic (exact) mass is 392 g/mol. The van der Waals surface area contributed by atoms with Crippen LogP contribution in [-0.2, 0) is 4.79 Å². The maximum absolute atomic E-state index is 12.0. The summed E-state index contributed by atoms with van der Waals surface area (Å²) in [6.45, 7) is 7.66. The Labute approximate surface area is 164 Å². The molecule has 1 aromatic carbocycles. The average Bonchev–Trinajstić information content (AvgIpc) is 3.06. The number of carbonyl (C=O) groups is 1. The van der Waals surface area contributed by atoms with Crippen molar-refractivity contribution in [2.45, 2.75) is 27.2 Å². The van der Waals surface area contributed by atoms with Gasteiger partial charge in [0.05, 0.1) is 23.3 Å². The lowest BCUT2D eigenvalue weighted by Crippen LogP contribution is -2.25. The SMILES string of the molecule is CCC(=O)Nc1cc(N(CC)CC)c(N(C)C)cc1N=Nc1ncc(Cl)o1. The van der Waals surface area contributed by atoms with Crippen LogP contribution in [0.2, 0.25) is 5.22 Å². The Balaban J connectivity index is 2.55. The fourth-order valence-electron chi connectivity index (χ4n) is 2.55. The molecule has 0 unspecified atom stereocenters. The number of nitrogens with zero attached hydrogens (tertiary/aromatic N) is 5. The number of hydrogen-bond acceptors (Lipinski definition) is 7. The molecule has 0 aliphatic carbocycles. The Hall–Kier alpha value is -2.61. The first-order chi connectivity index (χ1) is 12.9. The minimum Gasteiger partial charge on any atom is -0.409 e. The van der Waals surface area contributed by atoms with Crippen LogP contribution in [0.4, 0.5) is 28.8 Å². The van der Waals surface area contributed by atoms with Gasteiger partial charge < -0.3 is 19.5 Å². The summed E-state index contributed by atoms with van der Waals surface area (Å²) in [4.78, 5) is 20.1. The van der Waals surface area contributed by atoms with E-state index < -0.39 is 0 Å². The molecule has 2 aromatic rings. The molecule has 8 nitrogen and oxygen atoms in total. The number of azo groups is 1. The van der Waals surface area contributed by atoms with Crippen LogP contribution in [0.3, 0.4) is 0 Å². The standard InChI is InChI=1S/C18H25ClN6O2/c1-6-17(26)21-12-9-15(25(7-2)8-3)14(24(4)5)10-13(12)22-23-18-20-11-16(19)27-18/h9-11H,6-8H2,1-5H3,(H,21,26). The average molecular weight is 393 g/mol. The summed E-state index contributed by atoms with van der Waals surface area (Å²) in [6, 6.07) is 3.85. The van der Waals surface area contributed by atoms with Gasteiger partial charge in [0.25, 0.3) is 0 Å². The molecule has 0 saturated heterocycles. The minimum atomic E-state index is -0.103. The van der Waals surface area contributed by atoms with Crippen molar-refractivity contribution < 1.29 is 9.21 Å². The molecule has 1 aromatic heterocycles. The molecule has 0 fully saturated rings. The molecule has 1 heterocycles. The van der Waals surface area contributed by atoms with E-state index in [4.69, 9.17) is 16.0 Å². The number of aromatic nitrogens is 1. The Bertz CT molecular complexity index is 814. The third-order valence-corrected chi connectivity index (χ3v) is 4.16. The molecule has 2 rings (SSSR count). The first-order valence-electron chi connectivity index (χ1n) is 8.82. The van der Waals surface area contributed by atoms with Crippen LogP contribution in [0.25, 0.3) is 0 Å². The molecule has 0 bridgehead atoms. The predicted molar refractivity (Wildman–Crippen MR) is 109 cm³/mol. The number of amides is 1. The number of rotatable bonds is 8. The lowest BCUT2D eigenvalue weighted by Gasteiger charge is -2.28. The summed E-state index contributed by atoms with van der Waals surface area (Å²) in [5, 5.41) is 11.2. The first-order valence-corrected chi connectivity index (χ1v) is 9.20. The predicted octanol–water partition coefficient (Wildman–Crippen LogP) is 5.00. The van der Waals surface area contributed by atoms with Gasteiger partial charge in [0.2, 0.25) is 11.1 Å². The van der Waals surface area contributed by atoms with E-state index in [0.717, 1.165) is 24.5 Å². The number of halogens is 1. The van der Waals surface area contributed by atoms with Gasteiger partial charge in [-0.1, -0.05) is 12.0 Å². The molecule has 0 spiro atoms. The number of benzene rings is 1. The van der Waals surface area contributed by atoms with Crippen LogP contribution in [0.15, 0.2) is 33.0 Å². The highest BCUT2D eigenvalue weighted by Crippen LogP contribution is 2.39. The molecule has 27 heavy (non-hydrogen) atoms. The molecule has 0 atom stereocenters. The van der Waals surface area contributed by atoms with Crippen molar-refractivity contribution in [1.29, 1.82) is 0 Å². The van der Waals surface area contributed by atoms with Gasteiger partial charge in [-0.05, 0) is 37.6 Å². The molecule has 0 aliphatic rings. The second-order valence-corrected chi connectivity index (χ2v) is 6.35. The van der Waals surface area contributed by atoms with E-state index in [2.05, 4.69) is 39.3 Å². The van der Waals surface area contributed by atoms with E-state index >= 15 is 0 Å². The van der Waals surface area contributed by atoms with Crippen molar-refractivity contribution in [2.24, 2.45) is 10.2 Å². The molecule has 146 valence electrons. The molecule has 1 amide bonds. The van der Waals surface area contributed by atoms with E-state index in [9.17, 15) is 4.79 Å². The molecule has 0 saturated carbocycles. The van der Waals surface area contributed by atoms with Gasteiger partial charge in [-0.15, -0.1) is 5.11 Å². The van der Waals surface area contributed by atoms with Gasteiger partial charge in [-0.25, -0.2) is 0 Å². The van der Waals surface area contributed by atoms with Crippen LogP contribution in [-0.4, -0.2) is 38.1 Å². The molecule has 0 radical (unpaired) electrons. The second-order valence-electron chi connectivity index (χ2n) is 5.97. The third-order valence-electron chi connectivity index (χ3n) is 3.98. The zero-order valence-electron chi connectivity index (χ0n) is 16.3. The van der Waals surface area contributed by atoms with E-state index in [-0.39, 0.29) is 17.1 Å². The maximum Gasteiger partial charge on any atom is 0.342 e. The second kappa shape index (κ2) is 9.36. The van der Waals surface area contributed by atoms with Gasteiger partial charge in [-0.3, -0.25) is 4.79 Å². The van der Waals surface area contributed by atoms with Crippen molar-refractivity contribution in [2.75, 3.05) is 42.3 Å². The summed E-state index contributed by atoms with van der Waals surface area (Å²) in [5.74, 6) is -0.103. The highest BCUT2D eigenvalue weighted by Gasteiger charge is 2.17. The largest absolute Gasteiger partial charge is 0.409 e. The highest BCUT2D eigenvalue weighted by atomic mass is 35.5. The van der Waals surface area contributed by atoms with Crippen LogP contribution in [0, 0.1) is 0 Å². The number of anilines is 3. The Morgan fingerprint density at radius 3 is 2.41 bits per heavy atom. The first kappa shape index (κ1) is 20.7. The smallest absolute Gasteiger partial charge is 0.342 e. The fraction of sp³-hybridized carbons (Fsp3) is 0.444. The zero-order valence-corrected chi connectivity index (χ0v) is 17.0. The summed E-state index contributed by atoms with van der Waals surface area (Å²) in [6.07, 6.45) is 1.71. The van der Waals surface area contributed by atoms with Crippen molar-refractivity contribution in [3.8, 4) is 0 Å². The summed E-state index contributed by atoms with van der Waals surface area (Å²) < 4.78 is 5.11. The Morgan fingerprint density at radius 1 is 1.19 bits per heavy atom. The summed E-state index contributed by atoms with van der Waals surface area (Å²) in [5.41, 5.74) is 3.06. The van der Waals surface area contributed by atoms with Crippen molar-refractivity contribution in [1.82, 2.24) is 4.98 Å². The van der Waals surface area contributed by atoms with E-state index in [1.54, 1.807) is 6.92 Å². The van der Waals surface area contributed by atoms with Crippen molar-refractivity contribution in [3.63, 3.8) is 0 Å². The molecule has 1 N–H and O–H groups in total. The van der Waals surface area contributed by atoms with E-state index in [1.165, 1.54) is 6.20 Å². The number of hydrogen-bond donors (Lipinski definition) is 1. The van der Waals surface area contributed by atoms with Crippen LogP contribution in [0.5, 0.6) is 0 Å². The van der Waals surface area contributed by atoms with Crippen LogP contribution >= 0.6 is 11.6 Å².